The van der Waals surface area contributed by atoms with Gasteiger partial charge < -0.3 is 14.6 Å². The topological polar surface area (TPSA) is 88.3 Å². The molecule has 0 bridgehead atoms. The zero-order valence-corrected chi connectivity index (χ0v) is 13.8. The number of halogens is 1. The second-order valence-electron chi connectivity index (χ2n) is 5.52. The van der Waals surface area contributed by atoms with Crippen molar-refractivity contribution in [1.82, 2.24) is 20.4 Å². The Labute approximate surface area is 144 Å². The van der Waals surface area contributed by atoms with E-state index in [1.807, 2.05) is 4.90 Å². The molecule has 1 aromatic carbocycles. The van der Waals surface area contributed by atoms with E-state index in [1.165, 1.54) is 0 Å². The minimum atomic E-state index is -0.427. The molecule has 0 unspecified atom stereocenters. The van der Waals surface area contributed by atoms with E-state index in [1.54, 1.807) is 24.3 Å². The third-order valence-electron chi connectivity index (χ3n) is 3.75. The molecule has 126 valence electrons. The molecule has 1 aliphatic rings. The Morgan fingerprint density at radius 3 is 3.00 bits per heavy atom. The third-order valence-corrected chi connectivity index (χ3v) is 3.99. The Bertz CT molecular complexity index is 746. The molecule has 0 saturated carbocycles. The van der Waals surface area contributed by atoms with Crippen LogP contribution in [-0.2, 0) is 4.79 Å². The molecule has 1 fully saturated rings. The molecule has 2 aromatic rings. The second kappa shape index (κ2) is 7.44. The van der Waals surface area contributed by atoms with Crippen molar-refractivity contribution in [2.45, 2.75) is 19.3 Å². The van der Waals surface area contributed by atoms with E-state index in [9.17, 15) is 9.59 Å². The maximum absolute atomic E-state index is 12.0. The zero-order valence-electron chi connectivity index (χ0n) is 13.0. The molecule has 7 nitrogen and oxygen atoms in total. The van der Waals surface area contributed by atoms with Gasteiger partial charge in [0.25, 0.3) is 0 Å². The first-order valence-corrected chi connectivity index (χ1v) is 8.17. The quantitative estimate of drug-likeness (QED) is 0.808. The van der Waals surface area contributed by atoms with E-state index >= 15 is 0 Å². The number of carbonyl (C=O) groups excluding carboxylic acids is 2. The molecule has 0 spiro atoms. The summed E-state index contributed by atoms with van der Waals surface area (Å²) >= 11 is 5.92. The van der Waals surface area contributed by atoms with Gasteiger partial charge in [0.15, 0.2) is 0 Å². The number of aromatic nitrogens is 2. The van der Waals surface area contributed by atoms with E-state index < -0.39 is 5.91 Å². The van der Waals surface area contributed by atoms with Crippen molar-refractivity contribution in [2.24, 2.45) is 0 Å². The van der Waals surface area contributed by atoms with E-state index in [0.29, 0.717) is 36.5 Å². The number of benzene rings is 1. The smallest absolute Gasteiger partial charge is 0.308 e. The monoisotopic (exact) mass is 348 g/mol. The number of hydrogen-bond acceptors (Lipinski definition) is 5. The van der Waals surface area contributed by atoms with Gasteiger partial charge in [-0.3, -0.25) is 9.59 Å². The number of carbonyl (C=O) groups is 2. The molecule has 1 aliphatic heterocycles. The molecular weight excluding hydrogens is 332 g/mol. The standard InChI is InChI=1S/C16H17ClN4O3/c17-12-5-1-4-11(10-12)15-19-20-16(24-15)14(23)18-7-3-9-21-8-2-6-13(21)22/h1,4-5,10H,2-3,6-9H2,(H,18,23). The summed E-state index contributed by atoms with van der Waals surface area (Å²) in [5.74, 6) is -0.0968. The molecule has 0 radical (unpaired) electrons. The number of hydrogen-bond donors (Lipinski definition) is 1. The van der Waals surface area contributed by atoms with Gasteiger partial charge in [0.1, 0.15) is 0 Å². The zero-order chi connectivity index (χ0) is 16.9. The average molecular weight is 349 g/mol. The van der Waals surface area contributed by atoms with Gasteiger partial charge in [0.2, 0.25) is 11.8 Å². The lowest BCUT2D eigenvalue weighted by Gasteiger charge is -2.14. The highest BCUT2D eigenvalue weighted by molar-refractivity contribution is 6.30. The Morgan fingerprint density at radius 2 is 2.25 bits per heavy atom. The van der Waals surface area contributed by atoms with Crippen LogP contribution in [0.4, 0.5) is 0 Å². The fraction of sp³-hybridized carbons (Fsp3) is 0.375. The Kier molecular flexibility index (Phi) is 5.10. The normalized spacial score (nSPS) is 14.2. The van der Waals surface area contributed by atoms with Crippen molar-refractivity contribution in [3.05, 3.63) is 35.2 Å². The molecule has 0 atom stereocenters. The molecule has 8 heteroatoms. The van der Waals surface area contributed by atoms with E-state index in [2.05, 4.69) is 15.5 Å². The minimum absolute atomic E-state index is 0.0952. The largest absolute Gasteiger partial charge is 0.412 e. The highest BCUT2D eigenvalue weighted by atomic mass is 35.5. The van der Waals surface area contributed by atoms with Crippen LogP contribution < -0.4 is 5.32 Å². The third kappa shape index (κ3) is 3.91. The van der Waals surface area contributed by atoms with Gasteiger partial charge in [0, 0.05) is 36.6 Å². The summed E-state index contributed by atoms with van der Waals surface area (Å²) in [6.07, 6.45) is 2.23. The van der Waals surface area contributed by atoms with Crippen molar-refractivity contribution in [2.75, 3.05) is 19.6 Å². The van der Waals surface area contributed by atoms with E-state index in [0.717, 1.165) is 13.0 Å². The molecule has 2 heterocycles. The number of nitrogens with zero attached hydrogens (tertiary/aromatic N) is 3. The molecule has 3 rings (SSSR count). The van der Waals surface area contributed by atoms with Gasteiger partial charge in [-0.2, -0.15) is 0 Å². The molecule has 2 amide bonds. The van der Waals surface area contributed by atoms with Crippen LogP contribution >= 0.6 is 11.6 Å². The van der Waals surface area contributed by atoms with Crippen LogP contribution in [0.15, 0.2) is 28.7 Å². The van der Waals surface area contributed by atoms with Crippen LogP contribution in [0.5, 0.6) is 0 Å². The first-order valence-electron chi connectivity index (χ1n) is 7.79. The molecule has 0 aliphatic carbocycles. The number of amides is 2. The van der Waals surface area contributed by atoms with Gasteiger partial charge >= 0.3 is 11.8 Å². The van der Waals surface area contributed by atoms with Crippen molar-refractivity contribution in [3.8, 4) is 11.5 Å². The number of likely N-dealkylation sites (tertiary alicyclic amines) is 1. The van der Waals surface area contributed by atoms with Gasteiger partial charge in [0.05, 0.1) is 0 Å². The lowest BCUT2D eigenvalue weighted by Crippen LogP contribution is -2.30. The maximum atomic E-state index is 12.0. The summed E-state index contributed by atoms with van der Waals surface area (Å²) in [5, 5.41) is 10.9. The van der Waals surface area contributed by atoms with E-state index in [4.69, 9.17) is 16.0 Å². The predicted octanol–water partition coefficient (Wildman–Crippen LogP) is 2.13. The summed E-state index contributed by atoms with van der Waals surface area (Å²) in [7, 11) is 0. The van der Waals surface area contributed by atoms with Gasteiger partial charge in [-0.25, -0.2) is 0 Å². The van der Waals surface area contributed by atoms with Gasteiger partial charge in [-0.15, -0.1) is 10.2 Å². The first-order chi connectivity index (χ1) is 11.6. The summed E-state index contributed by atoms with van der Waals surface area (Å²) in [4.78, 5) is 25.3. The minimum Gasteiger partial charge on any atom is -0.412 e. The SMILES string of the molecule is O=C(NCCCN1CCCC1=O)c1nnc(-c2cccc(Cl)c2)o1. The van der Waals surface area contributed by atoms with Crippen molar-refractivity contribution >= 4 is 23.4 Å². The van der Waals surface area contributed by atoms with Gasteiger partial charge in [-0.1, -0.05) is 17.7 Å². The van der Waals surface area contributed by atoms with Crippen molar-refractivity contribution in [3.63, 3.8) is 0 Å². The molecule has 1 aromatic heterocycles. The summed E-state index contributed by atoms with van der Waals surface area (Å²) < 4.78 is 5.38. The fourth-order valence-electron chi connectivity index (χ4n) is 2.54. The van der Waals surface area contributed by atoms with E-state index in [-0.39, 0.29) is 17.7 Å². The first kappa shape index (κ1) is 16.4. The molecular formula is C16H17ClN4O3. The maximum Gasteiger partial charge on any atom is 0.308 e. The van der Waals surface area contributed by atoms with Crippen LogP contribution in [-0.4, -0.2) is 46.5 Å². The predicted molar refractivity (Wildman–Crippen MR) is 87.5 cm³/mol. The lowest BCUT2D eigenvalue weighted by atomic mass is 10.2. The second-order valence-corrected chi connectivity index (χ2v) is 5.95. The van der Waals surface area contributed by atoms with Crippen molar-refractivity contribution < 1.29 is 14.0 Å². The Hall–Kier alpha value is -2.41. The number of nitrogens with one attached hydrogen (secondary N) is 1. The van der Waals surface area contributed by atoms with Crippen LogP contribution in [0.2, 0.25) is 5.02 Å². The highest BCUT2D eigenvalue weighted by Gasteiger charge is 2.20. The summed E-state index contributed by atoms with van der Waals surface area (Å²) in [6, 6.07) is 6.96. The highest BCUT2D eigenvalue weighted by Crippen LogP contribution is 2.21. The molecule has 1 saturated heterocycles. The fourth-order valence-corrected chi connectivity index (χ4v) is 2.73. The van der Waals surface area contributed by atoms with Gasteiger partial charge in [-0.05, 0) is 31.0 Å². The van der Waals surface area contributed by atoms with Crippen LogP contribution in [0.3, 0.4) is 0 Å². The number of rotatable bonds is 6. The van der Waals surface area contributed by atoms with Crippen molar-refractivity contribution in [1.29, 1.82) is 0 Å². The lowest BCUT2D eigenvalue weighted by molar-refractivity contribution is -0.127. The Morgan fingerprint density at radius 1 is 1.38 bits per heavy atom. The average Bonchev–Trinajstić information content (AvgIpc) is 3.21. The summed E-state index contributed by atoms with van der Waals surface area (Å²) in [5.41, 5.74) is 0.654. The van der Waals surface area contributed by atoms with Crippen LogP contribution in [0.1, 0.15) is 29.9 Å². The van der Waals surface area contributed by atoms with Crippen LogP contribution in [0.25, 0.3) is 11.5 Å². The Balaban J connectivity index is 1.50. The summed E-state index contributed by atoms with van der Waals surface area (Å²) in [6.45, 7) is 1.90. The molecule has 1 N–H and O–H groups in total. The molecule has 24 heavy (non-hydrogen) atoms. The van der Waals surface area contributed by atoms with Crippen LogP contribution in [0, 0.1) is 0 Å².